The summed E-state index contributed by atoms with van der Waals surface area (Å²) in [5.41, 5.74) is 0.864. The lowest BCUT2D eigenvalue weighted by Crippen LogP contribution is -2.11. The van der Waals surface area contributed by atoms with Crippen LogP contribution in [0.1, 0.15) is 12.6 Å². The standard InChI is InChI=1S/C8H11N3O/c1-6-3-4-8(11-10-6)9-5-7(2)12/h3-4H,5H2,1-2H3,(H,9,11). The Bertz CT molecular complexity index is 268. The minimum absolute atomic E-state index is 0.0809. The fourth-order valence-electron chi connectivity index (χ4n) is 0.708. The molecule has 0 spiro atoms. The van der Waals surface area contributed by atoms with Gasteiger partial charge >= 0.3 is 0 Å². The first-order valence-electron chi connectivity index (χ1n) is 3.72. The Morgan fingerprint density at radius 3 is 2.75 bits per heavy atom. The number of carbonyl (C=O) groups is 1. The summed E-state index contributed by atoms with van der Waals surface area (Å²) in [7, 11) is 0. The molecule has 64 valence electrons. The van der Waals surface area contributed by atoms with Gasteiger partial charge in [0.15, 0.2) is 0 Å². The van der Waals surface area contributed by atoms with E-state index < -0.39 is 0 Å². The normalized spacial score (nSPS) is 9.50. The van der Waals surface area contributed by atoms with Crippen LogP contribution in [-0.2, 0) is 4.79 Å². The molecule has 1 aromatic rings. The van der Waals surface area contributed by atoms with Crippen LogP contribution in [0.5, 0.6) is 0 Å². The van der Waals surface area contributed by atoms with E-state index >= 15 is 0 Å². The number of Topliss-reactive ketones (excluding diaryl/α,β-unsaturated/α-hetero) is 1. The van der Waals surface area contributed by atoms with Gasteiger partial charge in [0, 0.05) is 0 Å². The minimum Gasteiger partial charge on any atom is -0.362 e. The Morgan fingerprint density at radius 2 is 2.25 bits per heavy atom. The number of rotatable bonds is 3. The molecular weight excluding hydrogens is 154 g/mol. The molecule has 0 atom stereocenters. The number of nitrogens with zero attached hydrogens (tertiary/aromatic N) is 2. The molecule has 1 N–H and O–H groups in total. The van der Waals surface area contributed by atoms with Gasteiger partial charge in [-0.15, -0.1) is 5.10 Å². The van der Waals surface area contributed by atoms with Crippen molar-refractivity contribution in [3.8, 4) is 0 Å². The second kappa shape index (κ2) is 3.80. The van der Waals surface area contributed by atoms with Crippen molar-refractivity contribution < 1.29 is 4.79 Å². The van der Waals surface area contributed by atoms with Gasteiger partial charge in [0.2, 0.25) is 0 Å². The van der Waals surface area contributed by atoms with Crippen LogP contribution in [0.4, 0.5) is 5.82 Å². The van der Waals surface area contributed by atoms with Crippen LogP contribution in [0.2, 0.25) is 0 Å². The molecule has 12 heavy (non-hydrogen) atoms. The lowest BCUT2D eigenvalue weighted by atomic mass is 10.4. The van der Waals surface area contributed by atoms with Gasteiger partial charge in [-0.1, -0.05) is 0 Å². The van der Waals surface area contributed by atoms with Crippen molar-refractivity contribution in [2.75, 3.05) is 11.9 Å². The number of hydrogen-bond donors (Lipinski definition) is 1. The number of aryl methyl sites for hydroxylation is 1. The maximum atomic E-state index is 10.6. The van der Waals surface area contributed by atoms with Crippen molar-refractivity contribution in [2.24, 2.45) is 0 Å². The zero-order valence-corrected chi connectivity index (χ0v) is 7.16. The van der Waals surface area contributed by atoms with E-state index in [1.165, 1.54) is 6.92 Å². The largest absolute Gasteiger partial charge is 0.362 e. The number of nitrogens with one attached hydrogen (secondary N) is 1. The number of aromatic nitrogens is 2. The first-order chi connectivity index (χ1) is 5.68. The van der Waals surface area contributed by atoms with Gasteiger partial charge in [-0.05, 0) is 26.0 Å². The van der Waals surface area contributed by atoms with Gasteiger partial charge in [0.1, 0.15) is 11.6 Å². The van der Waals surface area contributed by atoms with Gasteiger partial charge in [0.05, 0.1) is 12.2 Å². The Balaban J connectivity index is 2.53. The Hall–Kier alpha value is -1.45. The van der Waals surface area contributed by atoms with Gasteiger partial charge in [-0.3, -0.25) is 4.79 Å². The molecule has 1 rings (SSSR count). The third-order valence-electron chi connectivity index (χ3n) is 1.32. The van der Waals surface area contributed by atoms with Crippen LogP contribution in [0.3, 0.4) is 0 Å². The van der Waals surface area contributed by atoms with E-state index in [0.29, 0.717) is 12.4 Å². The highest BCUT2D eigenvalue weighted by atomic mass is 16.1. The van der Waals surface area contributed by atoms with E-state index in [9.17, 15) is 4.79 Å². The van der Waals surface area contributed by atoms with Gasteiger partial charge in [-0.2, -0.15) is 5.10 Å². The van der Waals surface area contributed by atoms with Crippen molar-refractivity contribution in [1.29, 1.82) is 0 Å². The summed E-state index contributed by atoms with van der Waals surface area (Å²) >= 11 is 0. The number of ketones is 1. The molecule has 4 heteroatoms. The smallest absolute Gasteiger partial charge is 0.149 e. The summed E-state index contributed by atoms with van der Waals surface area (Å²) in [4.78, 5) is 10.6. The summed E-state index contributed by atoms with van der Waals surface area (Å²) in [6.45, 7) is 3.69. The average molecular weight is 165 g/mol. The van der Waals surface area contributed by atoms with E-state index in [0.717, 1.165) is 5.69 Å². The second-order valence-corrected chi connectivity index (χ2v) is 2.62. The second-order valence-electron chi connectivity index (χ2n) is 2.62. The molecule has 0 saturated heterocycles. The van der Waals surface area contributed by atoms with Crippen LogP contribution in [-0.4, -0.2) is 22.5 Å². The zero-order valence-electron chi connectivity index (χ0n) is 7.16. The molecule has 0 radical (unpaired) electrons. The average Bonchev–Trinajstić information content (AvgIpc) is 2.03. The van der Waals surface area contributed by atoms with Gasteiger partial charge < -0.3 is 5.32 Å². The van der Waals surface area contributed by atoms with E-state index in [-0.39, 0.29) is 5.78 Å². The first-order valence-corrected chi connectivity index (χ1v) is 3.72. The molecular formula is C8H11N3O. The fourth-order valence-corrected chi connectivity index (χ4v) is 0.708. The van der Waals surface area contributed by atoms with E-state index in [4.69, 9.17) is 0 Å². The van der Waals surface area contributed by atoms with Crippen molar-refractivity contribution in [1.82, 2.24) is 10.2 Å². The highest BCUT2D eigenvalue weighted by Crippen LogP contribution is 1.99. The Morgan fingerprint density at radius 1 is 1.50 bits per heavy atom. The SMILES string of the molecule is CC(=O)CNc1ccc(C)nn1. The number of carbonyl (C=O) groups excluding carboxylic acids is 1. The van der Waals surface area contributed by atoms with Crippen molar-refractivity contribution in [2.45, 2.75) is 13.8 Å². The fraction of sp³-hybridized carbons (Fsp3) is 0.375. The topological polar surface area (TPSA) is 54.9 Å². The third kappa shape index (κ3) is 2.65. The monoisotopic (exact) mass is 165 g/mol. The Labute approximate surface area is 71.0 Å². The van der Waals surface area contributed by atoms with Crippen LogP contribution >= 0.6 is 0 Å². The predicted octanol–water partition coefficient (Wildman–Crippen LogP) is 0.786. The summed E-state index contributed by atoms with van der Waals surface area (Å²) in [6, 6.07) is 3.64. The van der Waals surface area contributed by atoms with Crippen molar-refractivity contribution >= 4 is 11.6 Å². The lowest BCUT2D eigenvalue weighted by molar-refractivity contribution is -0.115. The summed E-state index contributed by atoms with van der Waals surface area (Å²) in [5, 5.41) is 10.5. The molecule has 1 aromatic heterocycles. The molecule has 0 amide bonds. The minimum atomic E-state index is 0.0809. The van der Waals surface area contributed by atoms with E-state index in [2.05, 4.69) is 15.5 Å². The van der Waals surface area contributed by atoms with Crippen molar-refractivity contribution in [3.05, 3.63) is 17.8 Å². The highest BCUT2D eigenvalue weighted by Gasteiger charge is 1.95. The third-order valence-corrected chi connectivity index (χ3v) is 1.32. The molecule has 0 aliphatic rings. The molecule has 0 aliphatic carbocycles. The van der Waals surface area contributed by atoms with Crippen molar-refractivity contribution in [3.63, 3.8) is 0 Å². The van der Waals surface area contributed by atoms with E-state index in [1.807, 2.05) is 13.0 Å². The molecule has 0 bridgehead atoms. The molecule has 0 fully saturated rings. The molecule has 0 saturated carbocycles. The maximum Gasteiger partial charge on any atom is 0.149 e. The highest BCUT2D eigenvalue weighted by molar-refractivity contribution is 5.79. The van der Waals surface area contributed by atoms with Gasteiger partial charge in [0.25, 0.3) is 0 Å². The summed E-state index contributed by atoms with van der Waals surface area (Å²) in [6.07, 6.45) is 0. The van der Waals surface area contributed by atoms with Crippen LogP contribution in [0.25, 0.3) is 0 Å². The summed E-state index contributed by atoms with van der Waals surface area (Å²) in [5.74, 6) is 0.716. The van der Waals surface area contributed by atoms with Crippen LogP contribution in [0, 0.1) is 6.92 Å². The maximum absolute atomic E-state index is 10.6. The van der Waals surface area contributed by atoms with Crippen LogP contribution in [0.15, 0.2) is 12.1 Å². The first kappa shape index (κ1) is 8.64. The molecule has 0 unspecified atom stereocenters. The van der Waals surface area contributed by atoms with E-state index in [1.54, 1.807) is 6.07 Å². The zero-order chi connectivity index (χ0) is 8.97. The lowest BCUT2D eigenvalue weighted by Gasteiger charge is -2.00. The quantitative estimate of drug-likeness (QED) is 0.719. The Kier molecular flexibility index (Phi) is 2.74. The number of hydrogen-bond acceptors (Lipinski definition) is 4. The predicted molar refractivity (Wildman–Crippen MR) is 45.9 cm³/mol. The van der Waals surface area contributed by atoms with Crippen LogP contribution < -0.4 is 5.32 Å². The van der Waals surface area contributed by atoms with Gasteiger partial charge in [-0.25, -0.2) is 0 Å². The molecule has 1 heterocycles. The molecule has 4 nitrogen and oxygen atoms in total. The molecule has 0 aliphatic heterocycles. The number of anilines is 1. The molecule has 0 aromatic carbocycles. The summed E-state index contributed by atoms with van der Waals surface area (Å²) < 4.78 is 0.